The first-order valence-electron chi connectivity index (χ1n) is 14.0. The van der Waals surface area contributed by atoms with Crippen molar-refractivity contribution in [1.82, 2.24) is 4.90 Å². The molecule has 0 spiro atoms. The Labute approximate surface area is 244 Å². The van der Waals surface area contributed by atoms with Crippen molar-refractivity contribution in [3.63, 3.8) is 0 Å². The molecule has 0 saturated carbocycles. The van der Waals surface area contributed by atoms with Crippen LogP contribution in [0, 0.1) is 0 Å². The highest BCUT2D eigenvalue weighted by atomic mass is 19.1. The first-order valence-corrected chi connectivity index (χ1v) is 14.0. The number of halogens is 1. The van der Waals surface area contributed by atoms with Gasteiger partial charge >= 0.3 is 18.0 Å². The summed E-state index contributed by atoms with van der Waals surface area (Å²) in [6, 6.07) is 15.7. The number of alkyl halides is 1. The van der Waals surface area contributed by atoms with Crippen LogP contribution in [0.3, 0.4) is 0 Å². The third-order valence-corrected chi connectivity index (χ3v) is 6.42. The van der Waals surface area contributed by atoms with Crippen LogP contribution in [-0.2, 0) is 42.2 Å². The molecule has 0 bridgehead atoms. The molecule has 1 amide bonds. The van der Waals surface area contributed by atoms with Crippen LogP contribution in [0.4, 0.5) is 9.18 Å². The van der Waals surface area contributed by atoms with Gasteiger partial charge in [0.1, 0.15) is 23.9 Å². The number of ether oxygens (including phenoxy) is 3. The molecule has 2 aromatic rings. The molecule has 226 valence electrons. The molecule has 0 aliphatic carbocycles. The number of carbonyl (C=O) groups excluding carboxylic acids is 3. The summed E-state index contributed by atoms with van der Waals surface area (Å²) in [5, 5.41) is 0. The Morgan fingerprint density at radius 3 is 1.93 bits per heavy atom. The zero-order chi connectivity index (χ0) is 31.0. The van der Waals surface area contributed by atoms with Crippen molar-refractivity contribution >= 4 is 18.0 Å². The summed E-state index contributed by atoms with van der Waals surface area (Å²) in [4.78, 5) is 40.7. The van der Waals surface area contributed by atoms with Crippen molar-refractivity contribution in [2.24, 2.45) is 0 Å². The van der Waals surface area contributed by atoms with Gasteiger partial charge in [0, 0.05) is 13.5 Å². The van der Waals surface area contributed by atoms with E-state index in [0.29, 0.717) is 0 Å². The summed E-state index contributed by atoms with van der Waals surface area (Å²) in [5.41, 5.74) is 0.234. The molecular weight excluding hydrogens is 525 g/mol. The van der Waals surface area contributed by atoms with Crippen LogP contribution >= 0.6 is 0 Å². The number of amides is 1. The topological polar surface area (TPSA) is 82.1 Å². The summed E-state index contributed by atoms with van der Waals surface area (Å²) < 4.78 is 31.1. The molecular formula is C33H46FNO6. The smallest absolute Gasteiger partial charge is 0.410 e. The Hall–Kier alpha value is -3.42. The standard InChI is InChI=1S/C33H46FNO6/c1-31(2,3)25-17-15-23(16-18-25)21-27(29(37)39-22-24-13-11-10-12-14-24)40-28(36)26(19-20-33(7,8)34)35(9)30(38)41-32(4,5)6/h10-18,26-27H,19-22H2,1-9H3/t26-,27+/m0/s1. The average Bonchev–Trinajstić information content (AvgIpc) is 2.85. The molecule has 0 saturated heterocycles. The van der Waals surface area contributed by atoms with Crippen LogP contribution < -0.4 is 0 Å². The number of hydrogen-bond acceptors (Lipinski definition) is 6. The van der Waals surface area contributed by atoms with Crippen molar-refractivity contribution in [1.29, 1.82) is 0 Å². The minimum Gasteiger partial charge on any atom is -0.458 e. The Kier molecular flexibility index (Phi) is 11.5. The second-order valence-electron chi connectivity index (χ2n) is 13.0. The van der Waals surface area contributed by atoms with Gasteiger partial charge in [-0.3, -0.25) is 4.90 Å². The second-order valence-corrected chi connectivity index (χ2v) is 13.0. The van der Waals surface area contributed by atoms with E-state index < -0.39 is 41.4 Å². The Balaban J connectivity index is 2.31. The predicted molar refractivity (Wildman–Crippen MR) is 157 cm³/mol. The van der Waals surface area contributed by atoms with Gasteiger partial charge in [-0.15, -0.1) is 0 Å². The minimum atomic E-state index is -1.59. The van der Waals surface area contributed by atoms with Gasteiger partial charge in [-0.05, 0) is 69.6 Å². The lowest BCUT2D eigenvalue weighted by Crippen LogP contribution is -2.47. The lowest BCUT2D eigenvalue weighted by atomic mass is 9.86. The maximum absolute atomic E-state index is 14.4. The molecule has 0 radical (unpaired) electrons. The van der Waals surface area contributed by atoms with E-state index in [1.165, 1.54) is 20.9 Å². The van der Waals surface area contributed by atoms with Gasteiger partial charge < -0.3 is 14.2 Å². The van der Waals surface area contributed by atoms with E-state index in [1.807, 2.05) is 54.6 Å². The Morgan fingerprint density at radius 1 is 0.829 bits per heavy atom. The molecule has 0 fully saturated rings. The van der Waals surface area contributed by atoms with Crippen LogP contribution in [-0.4, -0.2) is 53.4 Å². The number of benzene rings is 2. The largest absolute Gasteiger partial charge is 0.458 e. The minimum absolute atomic E-state index is 0.00790. The van der Waals surface area contributed by atoms with Crippen molar-refractivity contribution < 1.29 is 33.0 Å². The van der Waals surface area contributed by atoms with Gasteiger partial charge in [-0.25, -0.2) is 18.8 Å². The van der Waals surface area contributed by atoms with E-state index in [2.05, 4.69) is 20.8 Å². The van der Waals surface area contributed by atoms with Crippen LogP contribution in [0.1, 0.15) is 84.9 Å². The van der Waals surface area contributed by atoms with Crippen molar-refractivity contribution in [2.75, 3.05) is 7.05 Å². The maximum atomic E-state index is 14.4. The van der Waals surface area contributed by atoms with E-state index in [-0.39, 0.29) is 31.3 Å². The highest BCUT2D eigenvalue weighted by Gasteiger charge is 2.36. The third kappa shape index (κ3) is 11.9. The number of rotatable bonds is 11. The molecule has 2 atom stereocenters. The number of carbonyl (C=O) groups is 3. The summed E-state index contributed by atoms with van der Waals surface area (Å²) in [7, 11) is 1.40. The van der Waals surface area contributed by atoms with Crippen molar-refractivity contribution in [3.05, 3.63) is 71.3 Å². The summed E-state index contributed by atoms with van der Waals surface area (Å²) in [6.45, 7) is 14.2. The van der Waals surface area contributed by atoms with E-state index in [1.54, 1.807) is 20.8 Å². The number of esters is 2. The number of hydrogen-bond donors (Lipinski definition) is 0. The molecule has 7 nitrogen and oxygen atoms in total. The van der Waals surface area contributed by atoms with Crippen molar-refractivity contribution in [3.8, 4) is 0 Å². The third-order valence-electron chi connectivity index (χ3n) is 6.42. The fourth-order valence-corrected chi connectivity index (χ4v) is 3.98. The molecule has 0 unspecified atom stereocenters. The highest BCUT2D eigenvalue weighted by molar-refractivity contribution is 5.84. The SMILES string of the molecule is CN(C(=O)OC(C)(C)C)[C@@H](CCC(C)(C)F)C(=O)O[C@H](Cc1ccc(C(C)(C)C)cc1)C(=O)OCc1ccccc1. The second kappa shape index (κ2) is 14.0. The van der Waals surface area contributed by atoms with E-state index in [0.717, 1.165) is 21.6 Å². The van der Waals surface area contributed by atoms with Crippen LogP contribution in [0.25, 0.3) is 0 Å². The lowest BCUT2D eigenvalue weighted by molar-refractivity contribution is -0.171. The van der Waals surface area contributed by atoms with Crippen LogP contribution in [0.2, 0.25) is 0 Å². The molecule has 41 heavy (non-hydrogen) atoms. The first-order chi connectivity index (χ1) is 18.9. The molecule has 0 aliphatic rings. The maximum Gasteiger partial charge on any atom is 0.410 e. The van der Waals surface area contributed by atoms with Gasteiger partial charge in [-0.2, -0.15) is 0 Å². The molecule has 0 heterocycles. The summed E-state index contributed by atoms with van der Waals surface area (Å²) in [6.07, 6.45) is -2.00. The van der Waals surface area contributed by atoms with Crippen LogP contribution in [0.15, 0.2) is 54.6 Å². The fraction of sp³-hybridized carbons (Fsp3) is 0.545. The predicted octanol–water partition coefficient (Wildman–Crippen LogP) is 6.95. The van der Waals surface area contributed by atoms with Gasteiger partial charge in [0.15, 0.2) is 0 Å². The Bertz CT molecular complexity index is 1140. The molecule has 8 heteroatoms. The summed E-state index contributed by atoms with van der Waals surface area (Å²) >= 11 is 0. The quantitative estimate of drug-likeness (QED) is 0.215. The lowest BCUT2D eigenvalue weighted by Gasteiger charge is -2.31. The average molecular weight is 572 g/mol. The van der Waals surface area contributed by atoms with E-state index >= 15 is 0 Å². The zero-order valence-electron chi connectivity index (χ0n) is 26.0. The van der Waals surface area contributed by atoms with Crippen LogP contribution in [0.5, 0.6) is 0 Å². The molecule has 2 aromatic carbocycles. The monoisotopic (exact) mass is 571 g/mol. The first kappa shape index (κ1) is 33.8. The van der Waals surface area contributed by atoms with E-state index in [4.69, 9.17) is 14.2 Å². The number of nitrogens with zero attached hydrogens (tertiary/aromatic N) is 1. The Morgan fingerprint density at radius 2 is 1.41 bits per heavy atom. The molecule has 0 aliphatic heterocycles. The van der Waals surface area contributed by atoms with E-state index in [9.17, 15) is 18.8 Å². The molecule has 2 rings (SSSR count). The fourth-order valence-electron chi connectivity index (χ4n) is 3.98. The number of likely N-dealkylation sites (N-methyl/N-ethyl adjacent to an activating group) is 1. The zero-order valence-corrected chi connectivity index (χ0v) is 26.0. The normalized spacial score (nSPS) is 13.6. The highest BCUT2D eigenvalue weighted by Crippen LogP contribution is 2.24. The van der Waals surface area contributed by atoms with Gasteiger partial charge in [0.2, 0.25) is 6.10 Å². The van der Waals surface area contributed by atoms with Gasteiger partial charge in [-0.1, -0.05) is 75.4 Å². The molecule has 0 N–H and O–H groups in total. The van der Waals surface area contributed by atoms with Crippen molar-refractivity contribution in [2.45, 2.75) is 110 Å². The van der Waals surface area contributed by atoms with Gasteiger partial charge in [0.05, 0.1) is 0 Å². The summed E-state index contributed by atoms with van der Waals surface area (Å²) in [5.74, 6) is -1.55. The van der Waals surface area contributed by atoms with Gasteiger partial charge in [0.25, 0.3) is 0 Å². The molecule has 0 aromatic heterocycles.